The van der Waals surface area contributed by atoms with E-state index < -0.39 is 34.4 Å². The number of ether oxygens (including phenoxy) is 2. The third-order valence-electron chi connectivity index (χ3n) is 7.99. The number of amides is 2. The van der Waals surface area contributed by atoms with E-state index in [9.17, 15) is 18.0 Å². The number of hydrogen-bond acceptors (Lipinski definition) is 9. The lowest BCUT2D eigenvalue weighted by Crippen LogP contribution is -2.46. The van der Waals surface area contributed by atoms with E-state index in [0.717, 1.165) is 9.87 Å². The molecule has 3 heterocycles. The van der Waals surface area contributed by atoms with Gasteiger partial charge in [0.25, 0.3) is 5.91 Å². The number of aryl methyl sites for hydroxylation is 2. The predicted molar refractivity (Wildman–Crippen MR) is 173 cm³/mol. The van der Waals surface area contributed by atoms with Crippen LogP contribution < -0.4 is 20.1 Å². The molecule has 2 amide bonds. The molecule has 0 radical (unpaired) electrons. The van der Waals surface area contributed by atoms with Gasteiger partial charge in [0, 0.05) is 31.3 Å². The maximum absolute atomic E-state index is 14.1. The van der Waals surface area contributed by atoms with E-state index in [1.807, 2.05) is 44.2 Å². The summed E-state index contributed by atoms with van der Waals surface area (Å²) in [5.41, 5.74) is 1.83. The van der Waals surface area contributed by atoms with Gasteiger partial charge in [-0.05, 0) is 38.0 Å². The molecule has 5 rings (SSSR count). The van der Waals surface area contributed by atoms with Gasteiger partial charge in [-0.25, -0.2) is 18.1 Å². The van der Waals surface area contributed by atoms with E-state index in [-0.39, 0.29) is 37.1 Å². The average molecular weight is 665 g/mol. The quantitative estimate of drug-likeness (QED) is 0.327. The van der Waals surface area contributed by atoms with Crippen molar-refractivity contribution in [1.29, 1.82) is 0 Å². The van der Waals surface area contributed by atoms with Crippen molar-refractivity contribution >= 4 is 21.8 Å². The van der Waals surface area contributed by atoms with Crippen molar-refractivity contribution in [2.24, 2.45) is 13.0 Å². The molecule has 250 valence electrons. The van der Waals surface area contributed by atoms with Crippen LogP contribution in [-0.2, 0) is 28.4 Å². The first-order chi connectivity index (χ1) is 22.4. The second-order valence-corrected chi connectivity index (χ2v) is 13.5. The molecule has 0 aliphatic carbocycles. The Morgan fingerprint density at radius 3 is 2.43 bits per heavy atom. The second-order valence-electron chi connectivity index (χ2n) is 11.6. The van der Waals surface area contributed by atoms with E-state index >= 15 is 0 Å². The number of sulfonamides is 1. The molecule has 0 spiro atoms. The molecule has 1 atom stereocenters. The summed E-state index contributed by atoms with van der Waals surface area (Å²) in [6.07, 6.45) is 0. The van der Waals surface area contributed by atoms with Crippen LogP contribution >= 0.6 is 0 Å². The Morgan fingerprint density at radius 1 is 1.02 bits per heavy atom. The normalized spacial score (nSPS) is 17.0. The van der Waals surface area contributed by atoms with E-state index in [1.54, 1.807) is 43.8 Å². The monoisotopic (exact) mass is 664 g/mol. The highest BCUT2D eigenvalue weighted by atomic mass is 32.2. The maximum atomic E-state index is 14.1. The number of fused-ring (bicyclic) bond motifs is 3. The van der Waals surface area contributed by atoms with Crippen molar-refractivity contribution in [3.05, 3.63) is 71.3 Å². The number of carbonyl (C=O) groups excluding carboxylic acids is 2. The van der Waals surface area contributed by atoms with Crippen LogP contribution in [0.1, 0.15) is 47.5 Å². The molecule has 2 aromatic carbocycles. The van der Waals surface area contributed by atoms with Gasteiger partial charge in [0.15, 0.2) is 23.1 Å². The summed E-state index contributed by atoms with van der Waals surface area (Å²) >= 11 is 0. The average Bonchev–Trinajstić information content (AvgIpc) is 3.57. The van der Waals surface area contributed by atoms with Gasteiger partial charge in [-0.15, -0.1) is 0 Å². The number of nitrogens with zero attached hydrogens (tertiary/aromatic N) is 6. The van der Waals surface area contributed by atoms with Crippen LogP contribution in [0.5, 0.6) is 11.5 Å². The van der Waals surface area contributed by atoms with E-state index in [4.69, 9.17) is 19.6 Å². The summed E-state index contributed by atoms with van der Waals surface area (Å²) in [6, 6.07) is 13.7. The number of aromatic nitrogens is 5. The van der Waals surface area contributed by atoms with Crippen LogP contribution in [0.2, 0.25) is 0 Å². The highest BCUT2D eigenvalue weighted by Gasteiger charge is 2.34. The van der Waals surface area contributed by atoms with Crippen molar-refractivity contribution in [2.45, 2.75) is 45.2 Å². The summed E-state index contributed by atoms with van der Waals surface area (Å²) in [5, 5.41) is 14.8. The lowest BCUT2D eigenvalue weighted by Gasteiger charge is -2.26. The van der Waals surface area contributed by atoms with Crippen molar-refractivity contribution < 1.29 is 27.5 Å². The molecule has 15 heteroatoms. The van der Waals surface area contributed by atoms with Crippen LogP contribution in [0, 0.1) is 19.8 Å². The fraction of sp³-hybridized carbons (Fsp3) is 0.406. The minimum Gasteiger partial charge on any atom is -0.493 e. The van der Waals surface area contributed by atoms with Gasteiger partial charge in [0.2, 0.25) is 15.9 Å². The van der Waals surface area contributed by atoms with Crippen LogP contribution in [0.4, 0.5) is 0 Å². The zero-order valence-corrected chi connectivity index (χ0v) is 28.2. The van der Waals surface area contributed by atoms with Crippen LogP contribution in [0.15, 0.2) is 53.4 Å². The third kappa shape index (κ3) is 7.15. The maximum Gasteiger partial charge on any atom is 0.251 e. The molecular weight excluding hydrogens is 624 g/mol. The molecule has 0 unspecified atom stereocenters. The number of hydrogen-bond donors (Lipinski definition) is 2. The molecule has 0 saturated heterocycles. The summed E-state index contributed by atoms with van der Waals surface area (Å²) in [6.45, 7) is 6.82. The first-order valence-electron chi connectivity index (χ1n) is 15.3. The highest BCUT2D eigenvalue weighted by molar-refractivity contribution is 7.89. The van der Waals surface area contributed by atoms with E-state index in [0.29, 0.717) is 40.1 Å². The third-order valence-corrected chi connectivity index (χ3v) is 10.1. The first-order valence-corrected chi connectivity index (χ1v) is 16.7. The Bertz CT molecular complexity index is 1870. The van der Waals surface area contributed by atoms with Gasteiger partial charge in [0.05, 0.1) is 37.6 Å². The second kappa shape index (κ2) is 13.9. The van der Waals surface area contributed by atoms with E-state index in [1.165, 1.54) is 11.8 Å². The Kier molecular flexibility index (Phi) is 9.96. The Hall–Kier alpha value is -4.76. The summed E-state index contributed by atoms with van der Waals surface area (Å²) in [7, 11) is -1.03. The minimum absolute atomic E-state index is 0.0228. The fourth-order valence-electron chi connectivity index (χ4n) is 5.48. The smallest absolute Gasteiger partial charge is 0.251 e. The zero-order valence-electron chi connectivity index (χ0n) is 27.4. The molecule has 1 aliphatic rings. The Balaban J connectivity index is 1.57. The van der Waals surface area contributed by atoms with Gasteiger partial charge in [-0.3, -0.25) is 14.3 Å². The zero-order chi connectivity index (χ0) is 33.9. The molecular formula is C32H40N8O6S. The number of nitrogens with one attached hydrogen (secondary N) is 2. The predicted octanol–water partition coefficient (Wildman–Crippen LogP) is 2.63. The van der Waals surface area contributed by atoms with Gasteiger partial charge in [-0.2, -0.15) is 14.5 Å². The molecule has 2 N–H and O–H groups in total. The van der Waals surface area contributed by atoms with Crippen molar-refractivity contribution in [1.82, 2.24) is 39.5 Å². The lowest BCUT2D eigenvalue weighted by atomic mass is 10.0. The fourth-order valence-corrected chi connectivity index (χ4v) is 7.27. The van der Waals surface area contributed by atoms with Crippen LogP contribution in [0.25, 0.3) is 11.4 Å². The van der Waals surface area contributed by atoms with Crippen molar-refractivity contribution in [2.75, 3.05) is 33.4 Å². The molecule has 4 aromatic rings. The van der Waals surface area contributed by atoms with Gasteiger partial charge >= 0.3 is 0 Å². The number of benzene rings is 2. The Morgan fingerprint density at radius 2 is 1.77 bits per heavy atom. The van der Waals surface area contributed by atoms with Gasteiger partial charge in [0.1, 0.15) is 11.5 Å². The molecule has 2 aromatic heterocycles. The molecule has 14 nitrogen and oxygen atoms in total. The number of methoxy groups -OCH3 is 1. The molecule has 0 fully saturated rings. The van der Waals surface area contributed by atoms with Crippen LogP contribution in [0.3, 0.4) is 0 Å². The standard InChI is InChI=1S/C32H40N8O6S/c1-20(2)28-31-35-30(23-10-8-7-9-11-23)37-40(31)16-17-46-26-18-24(12-13-25(26)45-6)32(42)33-14-15-39(19-27(41)34-28)47(43,44)29-21(3)36-38(5)22(29)4/h7-13,18,20,28H,14-17,19H2,1-6H3,(H,33,42)(H,34,41)/t28-/m1/s1. The van der Waals surface area contributed by atoms with Crippen molar-refractivity contribution in [3.8, 4) is 22.9 Å². The first kappa shape index (κ1) is 33.6. The minimum atomic E-state index is -4.20. The molecule has 2 bridgehead atoms. The van der Waals surface area contributed by atoms with E-state index in [2.05, 4.69) is 15.7 Å². The Labute approximate surface area is 274 Å². The molecule has 1 aliphatic heterocycles. The molecule has 0 saturated carbocycles. The summed E-state index contributed by atoms with van der Waals surface area (Å²) in [5.74, 6) is 0.639. The van der Waals surface area contributed by atoms with Gasteiger partial charge in [-0.1, -0.05) is 44.2 Å². The topological polar surface area (TPSA) is 163 Å². The molecule has 47 heavy (non-hydrogen) atoms. The summed E-state index contributed by atoms with van der Waals surface area (Å²) < 4.78 is 43.9. The summed E-state index contributed by atoms with van der Waals surface area (Å²) in [4.78, 5) is 31.8. The van der Waals surface area contributed by atoms with Crippen LogP contribution in [-0.4, -0.2) is 82.4 Å². The SMILES string of the molecule is COc1ccc2cc1OCCn1nc(-c3ccccc3)nc1[C@@H](C(C)C)NC(=O)CN(S(=O)(=O)c1c(C)nn(C)c1C)CCNC2=O. The highest BCUT2D eigenvalue weighted by Crippen LogP contribution is 2.29. The van der Waals surface area contributed by atoms with Gasteiger partial charge < -0.3 is 20.1 Å². The lowest BCUT2D eigenvalue weighted by molar-refractivity contribution is -0.122. The number of carbonyl (C=O) groups is 2. The van der Waals surface area contributed by atoms with Crippen molar-refractivity contribution in [3.63, 3.8) is 0 Å². The number of rotatable bonds is 5. The largest absolute Gasteiger partial charge is 0.493 e.